The molecule has 0 radical (unpaired) electrons. The zero-order chi connectivity index (χ0) is 26.1. The number of hydrogen-bond acceptors (Lipinski definition) is 8. The normalized spacial score (nSPS) is 20.0. The summed E-state index contributed by atoms with van der Waals surface area (Å²) in [5.41, 5.74) is 0.983. The molecule has 3 heterocycles. The molecule has 0 aliphatic carbocycles. The van der Waals surface area contributed by atoms with Gasteiger partial charge in [-0.1, -0.05) is 24.3 Å². The van der Waals surface area contributed by atoms with Crippen molar-refractivity contribution in [2.45, 2.75) is 44.0 Å². The fourth-order valence-corrected chi connectivity index (χ4v) is 7.82. The van der Waals surface area contributed by atoms with Gasteiger partial charge in [0.2, 0.25) is 0 Å². The summed E-state index contributed by atoms with van der Waals surface area (Å²) >= 11 is 1.25. The van der Waals surface area contributed by atoms with Crippen LogP contribution in [0.3, 0.4) is 0 Å². The lowest BCUT2D eigenvalue weighted by molar-refractivity contribution is -0.137. The zero-order valence-corrected chi connectivity index (χ0v) is 21.9. The predicted molar refractivity (Wildman–Crippen MR) is 135 cm³/mol. The third-order valence-corrected chi connectivity index (χ3v) is 9.99. The van der Waals surface area contributed by atoms with Crippen molar-refractivity contribution in [2.24, 2.45) is 0 Å². The number of thiophene rings is 1. The molecule has 2 aromatic heterocycles. The van der Waals surface area contributed by atoms with Crippen molar-refractivity contribution in [3.8, 4) is 21.8 Å². The summed E-state index contributed by atoms with van der Waals surface area (Å²) < 4.78 is 36.3. The van der Waals surface area contributed by atoms with E-state index in [0.717, 1.165) is 16.0 Å². The Labute approximate surface area is 213 Å². The van der Waals surface area contributed by atoms with Gasteiger partial charge in [-0.25, -0.2) is 18.2 Å². The van der Waals surface area contributed by atoms with Crippen LogP contribution in [-0.4, -0.2) is 59.9 Å². The third-order valence-electron chi connectivity index (χ3n) is 6.04. The molecule has 1 saturated heterocycles. The van der Waals surface area contributed by atoms with E-state index in [9.17, 15) is 23.1 Å². The van der Waals surface area contributed by atoms with Crippen molar-refractivity contribution in [1.82, 2.24) is 9.88 Å². The second kappa shape index (κ2) is 9.70. The lowest BCUT2D eigenvalue weighted by Crippen LogP contribution is -2.39. The molecule has 0 saturated carbocycles. The Kier molecular flexibility index (Phi) is 6.98. The molecule has 1 unspecified atom stereocenters. The molecule has 11 heteroatoms. The fraction of sp³-hybridized carbons (Fsp3) is 0.400. The van der Waals surface area contributed by atoms with Gasteiger partial charge in [0.1, 0.15) is 10.3 Å². The van der Waals surface area contributed by atoms with E-state index in [1.165, 1.54) is 22.6 Å². The first-order chi connectivity index (χ1) is 16.9. The molecule has 1 N–H and O–H groups in total. The highest BCUT2D eigenvalue weighted by atomic mass is 32.2. The van der Waals surface area contributed by atoms with Crippen molar-refractivity contribution in [3.63, 3.8) is 0 Å². The number of oxazole rings is 1. The van der Waals surface area contributed by atoms with Crippen LogP contribution in [0.4, 0.5) is 4.79 Å². The summed E-state index contributed by atoms with van der Waals surface area (Å²) in [6.45, 7) is 5.22. The number of aliphatic carboxylic acids is 1. The SMILES string of the molecule is CC(C)(C)OC(=O)N1CCC(CC(=O)O)(c2ccc(-c3ccc(-c4cnco4)cc3)s2)S(=O)(=O)CC1. The molecule has 3 aromatic rings. The molecule has 0 bridgehead atoms. The molecule has 1 aromatic carbocycles. The van der Waals surface area contributed by atoms with Crippen molar-refractivity contribution in [2.75, 3.05) is 18.8 Å². The van der Waals surface area contributed by atoms with E-state index in [0.29, 0.717) is 10.6 Å². The fourth-order valence-electron chi connectivity index (χ4n) is 4.22. The first kappa shape index (κ1) is 25.9. The molecule has 1 amide bonds. The average Bonchev–Trinajstić information content (AvgIpc) is 3.47. The van der Waals surface area contributed by atoms with Crippen molar-refractivity contribution < 1.29 is 32.3 Å². The maximum absolute atomic E-state index is 13.6. The molecular weight excluding hydrogens is 504 g/mol. The van der Waals surface area contributed by atoms with Crippen LogP contribution in [-0.2, 0) is 24.1 Å². The van der Waals surface area contributed by atoms with E-state index in [-0.39, 0.29) is 25.3 Å². The summed E-state index contributed by atoms with van der Waals surface area (Å²) in [7, 11) is -3.92. The first-order valence-electron chi connectivity index (χ1n) is 11.4. The van der Waals surface area contributed by atoms with Crippen LogP contribution in [0, 0.1) is 0 Å². The van der Waals surface area contributed by atoms with E-state index in [4.69, 9.17) is 9.15 Å². The number of benzene rings is 1. The summed E-state index contributed by atoms with van der Waals surface area (Å²) in [4.78, 5) is 31.1. The molecule has 36 heavy (non-hydrogen) atoms. The van der Waals surface area contributed by atoms with E-state index >= 15 is 0 Å². The number of carboxylic acids is 1. The van der Waals surface area contributed by atoms with Gasteiger partial charge in [-0.2, -0.15) is 0 Å². The number of carboxylic acid groups (broad SMARTS) is 1. The smallest absolute Gasteiger partial charge is 0.410 e. The number of sulfone groups is 1. The number of carbonyl (C=O) groups is 2. The van der Waals surface area contributed by atoms with Crippen LogP contribution in [0.5, 0.6) is 0 Å². The van der Waals surface area contributed by atoms with Crippen molar-refractivity contribution >= 4 is 33.2 Å². The lowest BCUT2D eigenvalue weighted by Gasteiger charge is -2.30. The Morgan fingerprint density at radius 2 is 1.83 bits per heavy atom. The Bertz CT molecular complexity index is 1340. The number of hydrogen-bond donors (Lipinski definition) is 1. The minimum Gasteiger partial charge on any atom is -0.481 e. The van der Waals surface area contributed by atoms with Crippen LogP contribution in [0.25, 0.3) is 21.8 Å². The minimum absolute atomic E-state index is 0.0364. The quantitative estimate of drug-likeness (QED) is 0.497. The number of amides is 1. The predicted octanol–water partition coefficient (Wildman–Crippen LogP) is 4.80. The summed E-state index contributed by atoms with van der Waals surface area (Å²) in [6, 6.07) is 11.0. The molecule has 1 fully saturated rings. The van der Waals surface area contributed by atoms with Gasteiger partial charge in [-0.3, -0.25) is 4.79 Å². The maximum Gasteiger partial charge on any atom is 0.410 e. The number of aromatic nitrogens is 1. The van der Waals surface area contributed by atoms with E-state index in [1.54, 1.807) is 39.1 Å². The molecular formula is C25H28N2O7S2. The summed E-state index contributed by atoms with van der Waals surface area (Å²) in [6.07, 6.45) is 1.74. The molecule has 4 rings (SSSR count). The highest BCUT2D eigenvalue weighted by Crippen LogP contribution is 2.45. The second-order valence-corrected chi connectivity index (χ2v) is 13.2. The minimum atomic E-state index is -3.92. The van der Waals surface area contributed by atoms with Gasteiger partial charge in [0.05, 0.1) is 18.4 Å². The highest BCUT2D eigenvalue weighted by Gasteiger charge is 2.50. The van der Waals surface area contributed by atoms with Gasteiger partial charge < -0.3 is 19.2 Å². The first-order valence-corrected chi connectivity index (χ1v) is 13.9. The Balaban J connectivity index is 1.66. The molecule has 1 atom stereocenters. The van der Waals surface area contributed by atoms with Gasteiger partial charge in [-0.05, 0) is 44.9 Å². The molecule has 9 nitrogen and oxygen atoms in total. The second-order valence-electron chi connectivity index (χ2n) is 9.71. The van der Waals surface area contributed by atoms with Crippen LogP contribution >= 0.6 is 11.3 Å². The maximum atomic E-state index is 13.6. The summed E-state index contributed by atoms with van der Waals surface area (Å²) in [5, 5.41) is 9.71. The van der Waals surface area contributed by atoms with E-state index in [1.807, 2.05) is 24.3 Å². The van der Waals surface area contributed by atoms with Gasteiger partial charge in [0, 0.05) is 28.4 Å². The number of rotatable bonds is 5. The molecule has 192 valence electrons. The molecule has 1 aliphatic rings. The topological polar surface area (TPSA) is 127 Å². The van der Waals surface area contributed by atoms with Crippen molar-refractivity contribution in [1.29, 1.82) is 0 Å². The Morgan fingerprint density at radius 1 is 1.14 bits per heavy atom. The Morgan fingerprint density at radius 3 is 2.44 bits per heavy atom. The molecule has 0 spiro atoms. The lowest BCUT2D eigenvalue weighted by atomic mass is 9.97. The number of nitrogens with zero attached hydrogens (tertiary/aromatic N) is 2. The Hall–Kier alpha value is -3.18. The standard InChI is InChI=1S/C25H28N2O7S2/c1-24(2,3)34-23(30)27-11-10-25(14-22(28)29,36(31,32)13-12-27)21-9-8-20(35-21)18-6-4-17(5-7-18)19-15-26-16-33-19/h4-9,15-16H,10-14H2,1-3H3,(H,28,29). The van der Waals surface area contributed by atoms with Crippen LogP contribution in [0.15, 0.2) is 53.4 Å². The van der Waals surface area contributed by atoms with Gasteiger partial charge in [0.25, 0.3) is 0 Å². The van der Waals surface area contributed by atoms with Crippen LogP contribution < -0.4 is 0 Å². The number of ether oxygens (including phenoxy) is 1. The van der Waals surface area contributed by atoms with Crippen LogP contribution in [0.2, 0.25) is 0 Å². The van der Waals surface area contributed by atoms with E-state index in [2.05, 4.69) is 4.98 Å². The third kappa shape index (κ3) is 5.31. The average molecular weight is 533 g/mol. The monoisotopic (exact) mass is 532 g/mol. The highest BCUT2D eigenvalue weighted by molar-refractivity contribution is 7.92. The van der Waals surface area contributed by atoms with Gasteiger partial charge >= 0.3 is 12.1 Å². The summed E-state index contributed by atoms with van der Waals surface area (Å²) in [5.74, 6) is -0.929. The van der Waals surface area contributed by atoms with E-state index < -0.39 is 38.7 Å². The molecule has 1 aliphatic heterocycles. The number of carbonyl (C=O) groups excluding carboxylic acids is 1. The van der Waals surface area contributed by atoms with Gasteiger partial charge in [-0.15, -0.1) is 11.3 Å². The largest absolute Gasteiger partial charge is 0.481 e. The van der Waals surface area contributed by atoms with Gasteiger partial charge in [0.15, 0.2) is 22.0 Å². The van der Waals surface area contributed by atoms with Crippen LogP contribution in [0.1, 0.15) is 38.5 Å². The van der Waals surface area contributed by atoms with Crippen molar-refractivity contribution in [3.05, 3.63) is 53.9 Å². The zero-order valence-electron chi connectivity index (χ0n) is 20.3.